The van der Waals surface area contributed by atoms with Gasteiger partial charge in [0.2, 0.25) is 11.5 Å². The lowest BCUT2D eigenvalue weighted by Gasteiger charge is -2.50. The van der Waals surface area contributed by atoms with E-state index in [4.69, 9.17) is 10.6 Å². The minimum absolute atomic E-state index is 0.00697. The Balaban J connectivity index is 1.16. The van der Waals surface area contributed by atoms with E-state index in [1.165, 1.54) is 23.5 Å². The molecule has 3 aliphatic rings. The second-order valence-electron chi connectivity index (χ2n) is 9.73. The van der Waals surface area contributed by atoms with Crippen LogP contribution in [0.15, 0.2) is 57.5 Å². The number of nitrogens with zero attached hydrogens (tertiary/aromatic N) is 7. The summed E-state index contributed by atoms with van der Waals surface area (Å²) in [6, 6.07) is 2.81. The summed E-state index contributed by atoms with van der Waals surface area (Å²) in [5.74, 6) is -2.49. The van der Waals surface area contributed by atoms with Gasteiger partial charge in [0, 0.05) is 23.4 Å². The van der Waals surface area contributed by atoms with Crippen LogP contribution in [0, 0.1) is 0 Å². The summed E-state index contributed by atoms with van der Waals surface area (Å²) in [6.07, 6.45) is 8.93. The highest BCUT2D eigenvalue weighted by Gasteiger charge is 2.53. The number of imidazole rings is 1. The Morgan fingerprint density at radius 3 is 2.88 bits per heavy atom. The van der Waals surface area contributed by atoms with Gasteiger partial charge in [-0.1, -0.05) is 22.0 Å². The second-order valence-corrected chi connectivity index (χ2v) is 12.5. The molecule has 2 atom stereocenters. The number of rotatable bonds is 9. The monoisotopic (exact) mass is 627 g/mol. The van der Waals surface area contributed by atoms with Gasteiger partial charge in [-0.3, -0.25) is 14.5 Å². The van der Waals surface area contributed by atoms with Crippen molar-refractivity contribution >= 4 is 69.3 Å². The number of aliphatic carboxylic acids is 1. The van der Waals surface area contributed by atoms with Crippen LogP contribution in [-0.2, 0) is 26.3 Å². The molecule has 2 fully saturated rings. The summed E-state index contributed by atoms with van der Waals surface area (Å²) in [7, 11) is 1.92. The molecule has 218 valence electrons. The van der Waals surface area contributed by atoms with Crippen molar-refractivity contribution in [3.8, 4) is 0 Å². The Morgan fingerprint density at radius 2 is 2.14 bits per heavy atom. The third-order valence-electron chi connectivity index (χ3n) is 7.01. The summed E-state index contributed by atoms with van der Waals surface area (Å²) in [5.41, 5.74) is 6.63. The first-order valence-electron chi connectivity index (χ1n) is 13.0. The Bertz CT molecular complexity index is 1660. The maximum Gasteiger partial charge on any atom is 0.306 e. The van der Waals surface area contributed by atoms with Crippen molar-refractivity contribution in [1.29, 1.82) is 0 Å². The third-order valence-corrected chi connectivity index (χ3v) is 9.58. The lowest BCUT2D eigenvalue weighted by molar-refractivity contribution is -0.644. The van der Waals surface area contributed by atoms with Gasteiger partial charge in [-0.2, -0.15) is 9.36 Å². The highest BCUT2D eigenvalue weighted by Crippen LogP contribution is 2.40. The average Bonchev–Trinajstić information content (AvgIpc) is 3.73. The van der Waals surface area contributed by atoms with Gasteiger partial charge < -0.3 is 25.8 Å². The van der Waals surface area contributed by atoms with E-state index >= 15 is 0 Å². The molecular formula is C25H25N9O5S3. The van der Waals surface area contributed by atoms with E-state index in [1.807, 2.05) is 36.1 Å². The van der Waals surface area contributed by atoms with Gasteiger partial charge in [-0.25, -0.2) is 4.57 Å². The SMILES string of the molecule is C[n+]1ccn2nc(S/C=C/C3=C(C(=O)[O-])N4C(=O)[C@@H](NC(=O)/C(=N\OC5CCCC5)c5nsc(N)n5)[C@H]4SC3)ccc21. The zero-order chi connectivity index (χ0) is 29.4. The number of carbonyl (C=O) groups is 3. The number of hydrogen-bond donors (Lipinski definition) is 2. The minimum Gasteiger partial charge on any atom is -0.543 e. The molecule has 0 bridgehead atoms. The number of carbonyl (C=O) groups excluding carboxylic acids is 3. The molecule has 1 saturated carbocycles. The molecule has 6 rings (SSSR count). The van der Waals surface area contributed by atoms with Crippen LogP contribution < -0.4 is 20.7 Å². The maximum atomic E-state index is 13.2. The number of aromatic nitrogens is 5. The largest absolute Gasteiger partial charge is 0.543 e. The van der Waals surface area contributed by atoms with Gasteiger partial charge in [-0.05, 0) is 48.8 Å². The maximum absolute atomic E-state index is 13.2. The number of allylic oxidation sites excluding steroid dienone is 1. The number of aryl methyl sites for hydroxylation is 1. The number of anilines is 1. The first kappa shape index (κ1) is 28.2. The van der Waals surface area contributed by atoms with Crippen LogP contribution in [0.5, 0.6) is 0 Å². The molecule has 5 heterocycles. The van der Waals surface area contributed by atoms with Gasteiger partial charge in [0.15, 0.2) is 11.3 Å². The molecule has 17 heteroatoms. The molecule has 3 aromatic rings. The molecule has 3 N–H and O–H groups in total. The van der Waals surface area contributed by atoms with Crippen LogP contribution in [0.1, 0.15) is 31.5 Å². The van der Waals surface area contributed by atoms with E-state index in [2.05, 4.69) is 24.9 Å². The average molecular weight is 628 g/mol. The lowest BCUT2D eigenvalue weighted by atomic mass is 10.0. The highest BCUT2D eigenvalue weighted by atomic mass is 32.2. The van der Waals surface area contributed by atoms with E-state index in [9.17, 15) is 19.5 Å². The Morgan fingerprint density at radius 1 is 1.33 bits per heavy atom. The number of carboxylic acid groups (broad SMARTS) is 1. The minimum atomic E-state index is -1.48. The Labute approximate surface area is 251 Å². The molecule has 1 aliphatic carbocycles. The molecule has 0 unspecified atom stereocenters. The van der Waals surface area contributed by atoms with E-state index in [0.717, 1.165) is 47.8 Å². The fourth-order valence-corrected chi connectivity index (χ4v) is 7.30. The fraction of sp³-hybridized carbons (Fsp3) is 0.360. The number of hydrogen-bond acceptors (Lipinski definition) is 13. The Kier molecular flexibility index (Phi) is 7.87. The van der Waals surface area contributed by atoms with Gasteiger partial charge in [0.25, 0.3) is 11.8 Å². The summed E-state index contributed by atoms with van der Waals surface area (Å²) in [6.45, 7) is 0. The predicted molar refractivity (Wildman–Crippen MR) is 153 cm³/mol. The first-order valence-corrected chi connectivity index (χ1v) is 15.7. The summed E-state index contributed by atoms with van der Waals surface area (Å²) in [4.78, 5) is 49.3. The fourth-order valence-electron chi connectivity index (χ4n) is 4.90. The molecule has 1 saturated heterocycles. The lowest BCUT2D eigenvalue weighted by Crippen LogP contribution is -2.71. The summed E-state index contributed by atoms with van der Waals surface area (Å²) in [5, 5.41) is 25.3. The van der Waals surface area contributed by atoms with Crippen LogP contribution >= 0.6 is 35.1 Å². The highest BCUT2D eigenvalue weighted by molar-refractivity contribution is 8.02. The van der Waals surface area contributed by atoms with E-state index in [1.54, 1.807) is 16.0 Å². The third kappa shape index (κ3) is 5.46. The van der Waals surface area contributed by atoms with Gasteiger partial charge in [0.05, 0.1) is 18.7 Å². The number of thioether (sulfide) groups is 2. The molecule has 14 nitrogen and oxygen atoms in total. The van der Waals surface area contributed by atoms with Crippen LogP contribution in [0.2, 0.25) is 0 Å². The number of nitrogens with two attached hydrogens (primary N) is 1. The van der Waals surface area contributed by atoms with E-state index in [-0.39, 0.29) is 34.2 Å². The number of nitrogens with one attached hydrogen (secondary N) is 1. The number of β-lactam (4-membered cyclic amide) rings is 1. The number of carboxylic acids is 1. The van der Waals surface area contributed by atoms with Crippen molar-refractivity contribution in [3.63, 3.8) is 0 Å². The van der Waals surface area contributed by atoms with Crippen molar-refractivity contribution in [3.05, 3.63) is 53.1 Å². The topological polar surface area (TPSA) is 184 Å². The number of oxime groups is 1. The standard InChI is InChI=1S/C25H25N9O5S3/c1-32-9-10-33-16(32)7-6-15(29-33)40-11-8-13-12-41-23-18(22(36)34(23)19(13)24(37)38)27-21(35)17(20-28-25(26)42-31-20)30-39-14-4-2-3-5-14/h6-11,14,18,23H,2-5,12H2,1H3,(H3-,26,27,28,31,35,37,38)/b11-8+,30-17-/t18-,23-/m1/s1. The van der Waals surface area contributed by atoms with Crippen LogP contribution in [0.3, 0.4) is 0 Å². The van der Waals surface area contributed by atoms with E-state index in [0.29, 0.717) is 10.6 Å². The van der Waals surface area contributed by atoms with Crippen molar-refractivity contribution < 1.29 is 28.9 Å². The molecule has 0 radical (unpaired) electrons. The van der Waals surface area contributed by atoms with Crippen LogP contribution in [0.25, 0.3) is 5.65 Å². The van der Waals surface area contributed by atoms with Crippen molar-refractivity contribution in [2.24, 2.45) is 12.2 Å². The molecule has 3 aromatic heterocycles. The zero-order valence-electron chi connectivity index (χ0n) is 22.2. The van der Waals surface area contributed by atoms with Gasteiger partial charge >= 0.3 is 5.65 Å². The van der Waals surface area contributed by atoms with Gasteiger partial charge in [-0.15, -0.1) is 16.3 Å². The Hall–Kier alpha value is -3.96. The molecule has 42 heavy (non-hydrogen) atoms. The van der Waals surface area contributed by atoms with Crippen molar-refractivity contribution in [2.45, 2.75) is 48.2 Å². The quantitative estimate of drug-likeness (QED) is 0.107. The van der Waals surface area contributed by atoms with Crippen LogP contribution in [-0.4, -0.2) is 70.6 Å². The zero-order valence-corrected chi connectivity index (χ0v) is 24.7. The van der Waals surface area contributed by atoms with Crippen molar-refractivity contribution in [1.82, 2.24) is 29.2 Å². The molecule has 0 aromatic carbocycles. The molecule has 2 amide bonds. The van der Waals surface area contributed by atoms with Crippen molar-refractivity contribution in [2.75, 3.05) is 11.5 Å². The number of fused-ring (bicyclic) bond motifs is 2. The molecule has 2 aliphatic heterocycles. The summed E-state index contributed by atoms with van der Waals surface area (Å²) < 4.78 is 7.75. The second kappa shape index (κ2) is 11.7. The van der Waals surface area contributed by atoms with E-state index < -0.39 is 29.2 Å². The predicted octanol–water partition coefficient (Wildman–Crippen LogP) is -0.0343. The molecule has 0 spiro atoms. The van der Waals surface area contributed by atoms with Gasteiger partial charge in [0.1, 0.15) is 28.7 Å². The summed E-state index contributed by atoms with van der Waals surface area (Å²) >= 11 is 3.55. The smallest absolute Gasteiger partial charge is 0.306 e. The van der Waals surface area contributed by atoms with Crippen LogP contribution in [0.4, 0.5) is 5.13 Å². The molecular weight excluding hydrogens is 603 g/mol. The number of nitrogen functional groups attached to an aromatic ring is 1. The normalized spacial score (nSPS) is 21.2. The first-order chi connectivity index (χ1) is 20.3. The number of amides is 2.